The average Bonchev–Trinajstić information content (AvgIpc) is 2.86. The lowest BCUT2D eigenvalue weighted by molar-refractivity contribution is -0.138. The molecule has 1 heterocycles. The number of aliphatic carboxylic acids is 1. The molecule has 0 aliphatic heterocycles. The summed E-state index contributed by atoms with van der Waals surface area (Å²) in [5, 5.41) is 11.5. The maximum atomic E-state index is 11.9. The second-order valence-corrected chi connectivity index (χ2v) is 4.71. The summed E-state index contributed by atoms with van der Waals surface area (Å²) in [6, 6.07) is 5.35. The molecule has 8 heteroatoms. The molecular formula is C12H14N4O3S. The summed E-state index contributed by atoms with van der Waals surface area (Å²) >= 11 is 1.08. The molecule has 2 aromatic rings. The predicted octanol–water partition coefficient (Wildman–Crippen LogP) is 1.04. The van der Waals surface area contributed by atoms with Crippen molar-refractivity contribution in [1.29, 1.82) is 0 Å². The average molecular weight is 294 g/mol. The van der Waals surface area contributed by atoms with Crippen LogP contribution in [0.5, 0.6) is 0 Å². The van der Waals surface area contributed by atoms with Crippen molar-refractivity contribution < 1.29 is 14.7 Å². The van der Waals surface area contributed by atoms with Crippen molar-refractivity contribution in [1.82, 2.24) is 13.6 Å². The second-order valence-electron chi connectivity index (χ2n) is 4.18. The minimum Gasteiger partial charge on any atom is -0.480 e. The number of benzene rings is 1. The highest BCUT2D eigenvalue weighted by molar-refractivity contribution is 7.00. The van der Waals surface area contributed by atoms with Crippen LogP contribution in [0, 0.1) is 0 Å². The van der Waals surface area contributed by atoms with Gasteiger partial charge in [0.15, 0.2) is 0 Å². The van der Waals surface area contributed by atoms with E-state index in [1.54, 1.807) is 19.1 Å². The molecule has 1 amide bonds. The van der Waals surface area contributed by atoms with Gasteiger partial charge in [-0.25, -0.2) is 0 Å². The van der Waals surface area contributed by atoms with Gasteiger partial charge in [-0.1, -0.05) is 13.0 Å². The van der Waals surface area contributed by atoms with Crippen molar-refractivity contribution in [3.8, 4) is 0 Å². The third kappa shape index (κ3) is 3.49. The Morgan fingerprint density at radius 2 is 2.15 bits per heavy atom. The molecule has 2 N–H and O–H groups in total. The van der Waals surface area contributed by atoms with E-state index in [0.29, 0.717) is 17.7 Å². The highest BCUT2D eigenvalue weighted by Crippen LogP contribution is 2.20. The highest BCUT2D eigenvalue weighted by Gasteiger charge is 2.14. The van der Waals surface area contributed by atoms with Gasteiger partial charge in [-0.3, -0.25) is 14.5 Å². The molecule has 106 valence electrons. The van der Waals surface area contributed by atoms with Gasteiger partial charge in [0.2, 0.25) is 5.91 Å². The molecule has 1 aromatic heterocycles. The molecule has 7 nitrogen and oxygen atoms in total. The second kappa shape index (κ2) is 6.40. The van der Waals surface area contributed by atoms with Crippen LogP contribution in [0.25, 0.3) is 11.0 Å². The Hall–Kier alpha value is -2.06. The van der Waals surface area contributed by atoms with Gasteiger partial charge in [-0.2, -0.15) is 8.75 Å². The molecule has 0 atom stereocenters. The first-order valence-electron chi connectivity index (χ1n) is 6.05. The topological polar surface area (TPSA) is 95.4 Å². The molecule has 0 bridgehead atoms. The molecule has 0 spiro atoms. The first-order valence-corrected chi connectivity index (χ1v) is 6.78. The van der Waals surface area contributed by atoms with Crippen molar-refractivity contribution in [2.45, 2.75) is 6.92 Å². The highest BCUT2D eigenvalue weighted by atomic mass is 32.1. The van der Waals surface area contributed by atoms with E-state index in [-0.39, 0.29) is 19.0 Å². The molecule has 0 fully saturated rings. The molecule has 20 heavy (non-hydrogen) atoms. The zero-order valence-electron chi connectivity index (χ0n) is 10.9. The minimum absolute atomic E-state index is 0.0246. The summed E-state index contributed by atoms with van der Waals surface area (Å²) < 4.78 is 8.22. The number of carbonyl (C=O) groups is 2. The van der Waals surface area contributed by atoms with Crippen LogP contribution in [0.15, 0.2) is 18.2 Å². The van der Waals surface area contributed by atoms with Crippen LogP contribution in [0.2, 0.25) is 0 Å². The van der Waals surface area contributed by atoms with Gasteiger partial charge >= 0.3 is 5.97 Å². The lowest BCUT2D eigenvalue weighted by Gasteiger charge is -2.17. The fourth-order valence-corrected chi connectivity index (χ4v) is 2.32. The Morgan fingerprint density at radius 3 is 2.85 bits per heavy atom. The Balaban J connectivity index is 2.04. The van der Waals surface area contributed by atoms with Gasteiger partial charge in [0.05, 0.1) is 30.5 Å². The van der Waals surface area contributed by atoms with Crippen LogP contribution in [0.4, 0.5) is 5.69 Å². The molecule has 0 radical (unpaired) electrons. The number of hydrogen-bond donors (Lipinski definition) is 2. The van der Waals surface area contributed by atoms with Crippen LogP contribution in [0.1, 0.15) is 6.92 Å². The molecule has 0 aliphatic rings. The summed E-state index contributed by atoms with van der Waals surface area (Å²) in [6.07, 6.45) is 0. The first kappa shape index (κ1) is 14.4. The third-order valence-electron chi connectivity index (χ3n) is 2.73. The van der Waals surface area contributed by atoms with E-state index in [9.17, 15) is 9.59 Å². The van der Waals surface area contributed by atoms with Crippen LogP contribution in [0.3, 0.4) is 0 Å². The number of anilines is 1. The Bertz CT molecular complexity index is 628. The minimum atomic E-state index is -0.953. The number of carbonyl (C=O) groups excluding carboxylic acids is 1. The van der Waals surface area contributed by atoms with Crippen LogP contribution >= 0.6 is 11.7 Å². The molecule has 1 aromatic carbocycles. The number of hydrogen-bond acceptors (Lipinski definition) is 6. The summed E-state index contributed by atoms with van der Waals surface area (Å²) in [4.78, 5) is 24.1. The van der Waals surface area contributed by atoms with Gasteiger partial charge in [-0.15, -0.1) is 0 Å². The van der Waals surface area contributed by atoms with E-state index < -0.39 is 5.97 Å². The molecule has 0 saturated carbocycles. The number of rotatable bonds is 6. The lowest BCUT2D eigenvalue weighted by Crippen LogP contribution is -2.36. The van der Waals surface area contributed by atoms with Crippen molar-refractivity contribution in [2.24, 2.45) is 0 Å². The number of carboxylic acids is 1. The molecule has 2 rings (SSSR count). The fourth-order valence-electron chi connectivity index (χ4n) is 1.77. The van der Waals surface area contributed by atoms with Gasteiger partial charge in [0, 0.05) is 0 Å². The van der Waals surface area contributed by atoms with Crippen molar-refractivity contribution in [2.75, 3.05) is 25.0 Å². The number of nitrogens with zero attached hydrogens (tertiary/aromatic N) is 3. The first-order chi connectivity index (χ1) is 9.60. The molecule has 0 aliphatic carbocycles. The summed E-state index contributed by atoms with van der Waals surface area (Å²) in [7, 11) is 0. The molecular weight excluding hydrogens is 280 g/mol. The van der Waals surface area contributed by atoms with Crippen molar-refractivity contribution in [3.05, 3.63) is 18.2 Å². The number of aromatic nitrogens is 2. The van der Waals surface area contributed by atoms with Gasteiger partial charge in [-0.05, 0) is 18.7 Å². The number of amides is 1. The standard InChI is InChI=1S/C12H14N4O3S/c1-2-16(7-11(18)19)6-10(17)13-8-4-3-5-9-12(8)15-20-14-9/h3-5H,2,6-7H2,1H3,(H,13,17)(H,18,19). The zero-order chi connectivity index (χ0) is 14.5. The SMILES string of the molecule is CCN(CC(=O)O)CC(=O)Nc1cccc2nsnc12. The summed E-state index contributed by atoms with van der Waals surface area (Å²) in [5.41, 5.74) is 1.96. The van der Waals surface area contributed by atoms with Gasteiger partial charge in [0.1, 0.15) is 11.0 Å². The van der Waals surface area contributed by atoms with E-state index in [4.69, 9.17) is 5.11 Å². The number of carboxylic acid groups (broad SMARTS) is 1. The maximum absolute atomic E-state index is 11.9. The number of fused-ring (bicyclic) bond motifs is 1. The molecule has 0 saturated heterocycles. The maximum Gasteiger partial charge on any atom is 0.317 e. The summed E-state index contributed by atoms with van der Waals surface area (Å²) in [6.45, 7) is 2.16. The third-order valence-corrected chi connectivity index (χ3v) is 3.28. The number of nitrogens with one attached hydrogen (secondary N) is 1. The molecule has 0 unspecified atom stereocenters. The number of likely N-dealkylation sites (N-methyl/N-ethyl adjacent to an activating group) is 1. The van der Waals surface area contributed by atoms with E-state index in [2.05, 4.69) is 14.1 Å². The normalized spacial score (nSPS) is 10.9. The van der Waals surface area contributed by atoms with Gasteiger partial charge < -0.3 is 10.4 Å². The fraction of sp³-hybridized carbons (Fsp3) is 0.333. The largest absolute Gasteiger partial charge is 0.480 e. The van der Waals surface area contributed by atoms with Crippen LogP contribution < -0.4 is 5.32 Å². The van der Waals surface area contributed by atoms with E-state index in [0.717, 1.165) is 17.2 Å². The van der Waals surface area contributed by atoms with E-state index in [1.807, 2.05) is 6.07 Å². The Morgan fingerprint density at radius 1 is 1.35 bits per heavy atom. The van der Waals surface area contributed by atoms with Crippen LogP contribution in [-0.4, -0.2) is 50.3 Å². The Labute approximate surface area is 119 Å². The van der Waals surface area contributed by atoms with Crippen molar-refractivity contribution >= 4 is 40.3 Å². The van der Waals surface area contributed by atoms with Crippen molar-refractivity contribution in [3.63, 3.8) is 0 Å². The van der Waals surface area contributed by atoms with Gasteiger partial charge in [0.25, 0.3) is 0 Å². The quantitative estimate of drug-likeness (QED) is 0.826. The van der Waals surface area contributed by atoms with E-state index in [1.165, 1.54) is 4.90 Å². The lowest BCUT2D eigenvalue weighted by atomic mass is 10.2. The Kier molecular flexibility index (Phi) is 4.59. The monoisotopic (exact) mass is 294 g/mol. The van der Waals surface area contributed by atoms with E-state index >= 15 is 0 Å². The van der Waals surface area contributed by atoms with Crippen LogP contribution in [-0.2, 0) is 9.59 Å². The predicted molar refractivity (Wildman–Crippen MR) is 75.8 cm³/mol. The summed E-state index contributed by atoms with van der Waals surface area (Å²) in [5.74, 6) is -1.22. The zero-order valence-corrected chi connectivity index (χ0v) is 11.7. The smallest absolute Gasteiger partial charge is 0.317 e.